The number of nitrogens with zero attached hydrogens (tertiary/aromatic N) is 5. The Hall–Kier alpha value is -4.07. The second-order valence-electron chi connectivity index (χ2n) is 5.83. The number of nitro benzene ring substituents is 1. The average Bonchev–Trinajstić information content (AvgIpc) is 3.09. The normalized spacial score (nSPS) is 10.9. The number of para-hydroxylation sites is 1. The third-order valence-electron chi connectivity index (χ3n) is 3.68. The molecular formula is C17H14F2N8O3S. The zero-order valence-electron chi connectivity index (χ0n) is 15.5. The minimum Gasteiger partial charge on any atom is -0.334 e. The molecule has 4 N–H and O–H groups in total. The summed E-state index contributed by atoms with van der Waals surface area (Å²) in [6, 6.07) is 9.03. The molecule has 0 bridgehead atoms. The number of carbonyl (C=O) groups is 1. The summed E-state index contributed by atoms with van der Waals surface area (Å²) in [5.41, 5.74) is 2.37. The van der Waals surface area contributed by atoms with Crippen LogP contribution in [-0.2, 0) is 4.79 Å². The summed E-state index contributed by atoms with van der Waals surface area (Å²) in [6.45, 7) is 0. The Kier molecular flexibility index (Phi) is 6.71. The van der Waals surface area contributed by atoms with E-state index in [1.165, 1.54) is 30.5 Å². The van der Waals surface area contributed by atoms with Crippen molar-refractivity contribution in [3.05, 3.63) is 69.8 Å². The number of nitro groups is 1. The molecule has 2 aromatic carbocycles. The van der Waals surface area contributed by atoms with Crippen LogP contribution in [0.1, 0.15) is 5.56 Å². The number of nitrogens with one attached hydrogen (secondary N) is 2. The molecule has 0 radical (unpaired) electrons. The summed E-state index contributed by atoms with van der Waals surface area (Å²) in [4.78, 5) is 22.2. The maximum absolute atomic E-state index is 13.6. The molecule has 0 aliphatic carbocycles. The van der Waals surface area contributed by atoms with Crippen molar-refractivity contribution in [1.82, 2.24) is 14.9 Å². The van der Waals surface area contributed by atoms with Crippen LogP contribution in [0.25, 0.3) is 0 Å². The first-order valence-corrected chi connectivity index (χ1v) is 9.44. The van der Waals surface area contributed by atoms with Gasteiger partial charge in [-0.05, 0) is 12.1 Å². The van der Waals surface area contributed by atoms with Crippen LogP contribution in [0.2, 0.25) is 0 Å². The van der Waals surface area contributed by atoms with Crippen molar-refractivity contribution in [3.8, 4) is 0 Å². The van der Waals surface area contributed by atoms with E-state index in [1.807, 2.05) is 0 Å². The highest BCUT2D eigenvalue weighted by Crippen LogP contribution is 2.20. The molecule has 11 nitrogen and oxygen atoms in total. The minimum atomic E-state index is -0.895. The smallest absolute Gasteiger partial charge is 0.270 e. The summed E-state index contributed by atoms with van der Waals surface area (Å²) >= 11 is 0.883. The fraction of sp³-hybridized carbons (Fsp3) is 0.0588. The SMILES string of the molecule is Nn1c(N/N=C/c2cccc([N+](=O)[O-])c2)nnc1SCC(=O)Nc1c(F)cccc1F. The van der Waals surface area contributed by atoms with Crippen molar-refractivity contribution in [2.75, 3.05) is 22.3 Å². The van der Waals surface area contributed by atoms with E-state index in [1.54, 1.807) is 6.07 Å². The minimum absolute atomic E-state index is 0.0322. The number of hydrogen-bond donors (Lipinski definition) is 3. The summed E-state index contributed by atoms with van der Waals surface area (Å²) in [7, 11) is 0. The van der Waals surface area contributed by atoms with Gasteiger partial charge in [-0.3, -0.25) is 14.9 Å². The summed E-state index contributed by atoms with van der Waals surface area (Å²) in [5, 5.41) is 24.5. The van der Waals surface area contributed by atoms with Gasteiger partial charge in [0.2, 0.25) is 11.1 Å². The van der Waals surface area contributed by atoms with Gasteiger partial charge in [0.05, 0.1) is 16.9 Å². The van der Waals surface area contributed by atoms with Gasteiger partial charge in [-0.25, -0.2) is 18.9 Å². The molecule has 0 unspecified atom stereocenters. The highest BCUT2D eigenvalue weighted by Gasteiger charge is 2.15. The Bertz CT molecular complexity index is 1130. The van der Waals surface area contributed by atoms with Crippen LogP contribution in [0, 0.1) is 21.7 Å². The monoisotopic (exact) mass is 448 g/mol. The zero-order chi connectivity index (χ0) is 22.4. The number of aromatic nitrogens is 3. The second-order valence-corrected chi connectivity index (χ2v) is 6.77. The van der Waals surface area contributed by atoms with Gasteiger partial charge in [-0.15, -0.1) is 10.2 Å². The van der Waals surface area contributed by atoms with Crippen LogP contribution >= 0.6 is 11.8 Å². The van der Waals surface area contributed by atoms with Crippen LogP contribution in [0.4, 0.5) is 26.1 Å². The average molecular weight is 448 g/mol. The Morgan fingerprint density at radius 2 is 1.97 bits per heavy atom. The predicted molar refractivity (Wildman–Crippen MR) is 110 cm³/mol. The van der Waals surface area contributed by atoms with Gasteiger partial charge >= 0.3 is 0 Å². The van der Waals surface area contributed by atoms with Crippen LogP contribution in [0.15, 0.2) is 52.7 Å². The molecule has 3 rings (SSSR count). The quantitative estimate of drug-likeness (QED) is 0.156. The predicted octanol–water partition coefficient (Wildman–Crippen LogP) is 2.36. The van der Waals surface area contributed by atoms with E-state index < -0.39 is 28.2 Å². The highest BCUT2D eigenvalue weighted by atomic mass is 32.2. The molecule has 0 aliphatic rings. The van der Waals surface area contributed by atoms with Crippen molar-refractivity contribution in [2.45, 2.75) is 5.16 Å². The van der Waals surface area contributed by atoms with Gasteiger partial charge in [-0.1, -0.05) is 30.0 Å². The zero-order valence-corrected chi connectivity index (χ0v) is 16.3. The van der Waals surface area contributed by atoms with E-state index in [0.29, 0.717) is 5.56 Å². The number of nitrogens with two attached hydrogens (primary N) is 1. The molecule has 31 heavy (non-hydrogen) atoms. The maximum Gasteiger partial charge on any atom is 0.270 e. The fourth-order valence-corrected chi connectivity index (χ4v) is 2.91. The topological polar surface area (TPSA) is 153 Å². The van der Waals surface area contributed by atoms with E-state index in [-0.39, 0.29) is 22.5 Å². The second kappa shape index (κ2) is 9.62. The Balaban J connectivity index is 1.57. The van der Waals surface area contributed by atoms with E-state index in [2.05, 4.69) is 26.0 Å². The third kappa shape index (κ3) is 5.51. The fourth-order valence-electron chi connectivity index (χ4n) is 2.26. The van der Waals surface area contributed by atoms with E-state index >= 15 is 0 Å². The number of nitrogen functional groups attached to an aromatic ring is 1. The van der Waals surface area contributed by atoms with Gasteiger partial charge in [0.25, 0.3) is 11.6 Å². The van der Waals surface area contributed by atoms with Crippen LogP contribution in [-0.4, -0.2) is 37.7 Å². The molecule has 0 saturated carbocycles. The number of rotatable bonds is 8. The molecule has 1 aromatic heterocycles. The number of carbonyl (C=O) groups excluding carboxylic acids is 1. The van der Waals surface area contributed by atoms with Gasteiger partial charge in [0, 0.05) is 17.7 Å². The molecule has 14 heteroatoms. The Morgan fingerprint density at radius 3 is 2.68 bits per heavy atom. The van der Waals surface area contributed by atoms with Gasteiger partial charge in [0.1, 0.15) is 17.3 Å². The Labute approximate surface area is 177 Å². The summed E-state index contributed by atoms with van der Waals surface area (Å²) in [5.74, 6) is 3.16. The van der Waals surface area contributed by atoms with Crippen molar-refractivity contribution in [2.24, 2.45) is 5.10 Å². The number of benzene rings is 2. The first-order chi connectivity index (χ1) is 14.8. The van der Waals surface area contributed by atoms with E-state index in [9.17, 15) is 23.7 Å². The molecule has 0 spiro atoms. The maximum atomic E-state index is 13.6. The molecule has 1 amide bonds. The number of amides is 1. The van der Waals surface area contributed by atoms with Crippen molar-refractivity contribution in [3.63, 3.8) is 0 Å². The lowest BCUT2D eigenvalue weighted by Gasteiger charge is -2.07. The molecule has 0 aliphatic heterocycles. The van der Waals surface area contributed by atoms with Crippen LogP contribution in [0.3, 0.4) is 0 Å². The highest BCUT2D eigenvalue weighted by molar-refractivity contribution is 7.99. The van der Waals surface area contributed by atoms with E-state index in [4.69, 9.17) is 5.84 Å². The van der Waals surface area contributed by atoms with Gasteiger partial charge < -0.3 is 11.2 Å². The van der Waals surface area contributed by atoms with Crippen molar-refractivity contribution in [1.29, 1.82) is 0 Å². The number of non-ortho nitro benzene ring substituents is 1. The lowest BCUT2D eigenvalue weighted by atomic mass is 10.2. The lowest BCUT2D eigenvalue weighted by Crippen LogP contribution is -2.18. The number of hydrazone groups is 1. The van der Waals surface area contributed by atoms with Crippen molar-refractivity contribution >= 4 is 41.2 Å². The first kappa shape index (κ1) is 21.6. The largest absolute Gasteiger partial charge is 0.334 e. The standard InChI is InChI=1S/C17H14F2N8O3S/c18-12-5-2-6-13(19)15(12)22-14(28)9-31-17-25-24-16(26(17)20)23-21-8-10-3-1-4-11(7-10)27(29)30/h1-8H,9,20H2,(H,22,28)(H,23,24)/b21-8+. The number of thioether (sulfide) groups is 1. The molecule has 160 valence electrons. The molecule has 3 aromatic rings. The van der Waals surface area contributed by atoms with E-state index in [0.717, 1.165) is 28.6 Å². The third-order valence-corrected chi connectivity index (χ3v) is 4.63. The lowest BCUT2D eigenvalue weighted by molar-refractivity contribution is -0.384. The van der Waals surface area contributed by atoms with Crippen LogP contribution in [0.5, 0.6) is 0 Å². The molecule has 0 fully saturated rings. The van der Waals surface area contributed by atoms with Crippen LogP contribution < -0.4 is 16.6 Å². The molecular weight excluding hydrogens is 434 g/mol. The first-order valence-electron chi connectivity index (χ1n) is 8.46. The molecule has 0 saturated heterocycles. The molecule has 0 atom stereocenters. The van der Waals surface area contributed by atoms with Gasteiger partial charge in [-0.2, -0.15) is 5.10 Å². The number of hydrogen-bond acceptors (Lipinski definition) is 9. The number of halogens is 2. The summed E-state index contributed by atoms with van der Waals surface area (Å²) in [6.07, 6.45) is 1.32. The number of anilines is 2. The van der Waals surface area contributed by atoms with Gasteiger partial charge in [0.15, 0.2) is 0 Å². The summed E-state index contributed by atoms with van der Waals surface area (Å²) < 4.78 is 28.2. The molecule has 1 heterocycles. The Morgan fingerprint density at radius 1 is 1.26 bits per heavy atom. The van der Waals surface area contributed by atoms with Crippen molar-refractivity contribution < 1.29 is 18.5 Å².